The fraction of sp³-hybridized carbons (Fsp3) is 0.125. The minimum absolute atomic E-state index is 0.0243. The molecule has 0 aliphatic rings. The number of rotatable bonds is 4. The highest BCUT2D eigenvalue weighted by Gasteiger charge is 2.19. The van der Waals surface area contributed by atoms with Crippen LogP contribution in [0.25, 0.3) is 0 Å². The molecule has 0 aliphatic carbocycles. The second-order valence-corrected chi connectivity index (χ2v) is 4.45. The lowest BCUT2D eigenvalue weighted by atomic mass is 10.1. The molecule has 2 aromatic rings. The Labute approximate surface area is 126 Å². The molecular formula is C16H12FN3O2. The fourth-order valence-electron chi connectivity index (χ4n) is 1.92. The summed E-state index contributed by atoms with van der Waals surface area (Å²) in [7, 11) is 1.38. The Balaban J connectivity index is 2.34. The van der Waals surface area contributed by atoms with Gasteiger partial charge in [-0.15, -0.1) is 0 Å². The normalized spacial score (nSPS) is 11.1. The van der Waals surface area contributed by atoms with Gasteiger partial charge in [0, 0.05) is 17.3 Å². The Morgan fingerprint density at radius 2 is 1.91 bits per heavy atom. The van der Waals surface area contributed by atoms with Gasteiger partial charge in [0.05, 0.1) is 24.8 Å². The van der Waals surface area contributed by atoms with E-state index in [0.717, 1.165) is 6.07 Å². The number of phenolic OH excluding ortho intramolecular Hbond substituents is 1. The first-order chi connectivity index (χ1) is 10.6. The second kappa shape index (κ2) is 6.47. The second-order valence-electron chi connectivity index (χ2n) is 4.45. The van der Waals surface area contributed by atoms with Gasteiger partial charge in [-0.05, 0) is 30.3 Å². The van der Waals surface area contributed by atoms with Gasteiger partial charge in [-0.2, -0.15) is 10.5 Å². The van der Waals surface area contributed by atoms with Gasteiger partial charge in [-0.3, -0.25) is 0 Å². The van der Waals surface area contributed by atoms with E-state index >= 15 is 0 Å². The summed E-state index contributed by atoms with van der Waals surface area (Å²) in [5, 5.41) is 30.4. The maximum absolute atomic E-state index is 14.0. The molecule has 110 valence electrons. The molecule has 0 aliphatic heterocycles. The third-order valence-corrected chi connectivity index (χ3v) is 3.06. The molecule has 0 saturated heterocycles. The summed E-state index contributed by atoms with van der Waals surface area (Å²) in [6.45, 7) is 0. The van der Waals surface area contributed by atoms with E-state index in [9.17, 15) is 14.8 Å². The molecule has 1 atom stereocenters. The smallest absolute Gasteiger partial charge is 0.171 e. The number of anilines is 1. The van der Waals surface area contributed by atoms with E-state index in [2.05, 4.69) is 5.32 Å². The number of halogens is 1. The van der Waals surface area contributed by atoms with Crippen molar-refractivity contribution in [3.63, 3.8) is 0 Å². The van der Waals surface area contributed by atoms with Crippen LogP contribution in [0.5, 0.6) is 11.5 Å². The van der Waals surface area contributed by atoms with E-state index in [4.69, 9.17) is 10.00 Å². The van der Waals surface area contributed by atoms with Crippen LogP contribution in [0.4, 0.5) is 10.1 Å². The summed E-state index contributed by atoms with van der Waals surface area (Å²) in [6, 6.07) is 11.8. The highest BCUT2D eigenvalue weighted by Crippen LogP contribution is 2.31. The largest absolute Gasteiger partial charge is 0.505 e. The number of aromatic hydroxyl groups is 1. The van der Waals surface area contributed by atoms with Gasteiger partial charge in [0.1, 0.15) is 11.8 Å². The monoisotopic (exact) mass is 297 g/mol. The molecule has 6 heteroatoms. The Bertz CT molecular complexity index is 761. The Hall–Kier alpha value is -3.25. The number of benzene rings is 2. The molecule has 0 amide bonds. The van der Waals surface area contributed by atoms with Crippen LogP contribution in [-0.2, 0) is 0 Å². The molecule has 0 aromatic heterocycles. The number of nitriles is 2. The zero-order valence-electron chi connectivity index (χ0n) is 11.7. The summed E-state index contributed by atoms with van der Waals surface area (Å²) in [5.74, 6) is -1.22. The average Bonchev–Trinajstić information content (AvgIpc) is 2.55. The lowest BCUT2D eigenvalue weighted by Crippen LogP contribution is -2.10. The molecule has 0 radical (unpaired) electrons. The Kier molecular flexibility index (Phi) is 4.45. The van der Waals surface area contributed by atoms with Crippen molar-refractivity contribution in [1.82, 2.24) is 0 Å². The predicted octanol–water partition coefficient (Wildman–Crippen LogP) is 3.09. The van der Waals surface area contributed by atoms with Crippen molar-refractivity contribution in [3.05, 3.63) is 53.3 Å². The van der Waals surface area contributed by atoms with Gasteiger partial charge in [0.25, 0.3) is 0 Å². The van der Waals surface area contributed by atoms with E-state index in [1.54, 1.807) is 24.3 Å². The number of phenols is 1. The van der Waals surface area contributed by atoms with Crippen molar-refractivity contribution in [2.45, 2.75) is 6.04 Å². The van der Waals surface area contributed by atoms with Gasteiger partial charge in [-0.1, -0.05) is 0 Å². The molecule has 0 heterocycles. The molecule has 22 heavy (non-hydrogen) atoms. The highest BCUT2D eigenvalue weighted by atomic mass is 19.1. The van der Waals surface area contributed by atoms with E-state index < -0.39 is 17.6 Å². The minimum atomic E-state index is -1.02. The molecule has 0 fully saturated rings. The number of hydrogen-bond acceptors (Lipinski definition) is 5. The lowest BCUT2D eigenvalue weighted by molar-refractivity contribution is 0.394. The van der Waals surface area contributed by atoms with Crippen LogP contribution in [0.3, 0.4) is 0 Å². The lowest BCUT2D eigenvalue weighted by Gasteiger charge is -2.15. The number of hydrogen-bond donors (Lipinski definition) is 2. The van der Waals surface area contributed by atoms with Crippen molar-refractivity contribution < 1.29 is 14.2 Å². The zero-order valence-corrected chi connectivity index (χ0v) is 11.7. The Morgan fingerprint density at radius 3 is 2.45 bits per heavy atom. The van der Waals surface area contributed by atoms with Crippen molar-refractivity contribution >= 4 is 5.69 Å². The number of ether oxygens (including phenoxy) is 1. The summed E-state index contributed by atoms with van der Waals surface area (Å²) in [5.41, 5.74) is 1.00. The summed E-state index contributed by atoms with van der Waals surface area (Å²) in [6.07, 6.45) is 0. The van der Waals surface area contributed by atoms with Crippen LogP contribution in [0.15, 0.2) is 36.4 Å². The standard InChI is InChI=1S/C16H12FN3O2/c1-22-12-6-13(16(17)15(21)7-12)14(9-19)20-11-4-2-10(8-18)3-5-11/h2-7,14,20-21H,1H3. The molecule has 1 unspecified atom stereocenters. The molecule has 5 nitrogen and oxygen atoms in total. The number of nitrogens with one attached hydrogen (secondary N) is 1. The van der Waals surface area contributed by atoms with E-state index in [1.807, 2.05) is 12.1 Å². The van der Waals surface area contributed by atoms with Gasteiger partial charge in [-0.25, -0.2) is 4.39 Å². The molecule has 0 bridgehead atoms. The van der Waals surface area contributed by atoms with Crippen molar-refractivity contribution in [2.24, 2.45) is 0 Å². The van der Waals surface area contributed by atoms with Crippen LogP contribution in [0, 0.1) is 28.5 Å². The van der Waals surface area contributed by atoms with Crippen molar-refractivity contribution in [3.8, 4) is 23.6 Å². The number of nitrogens with zero attached hydrogens (tertiary/aromatic N) is 2. The van der Waals surface area contributed by atoms with E-state index in [-0.39, 0.29) is 11.3 Å². The van der Waals surface area contributed by atoms with Crippen LogP contribution >= 0.6 is 0 Å². The third-order valence-electron chi connectivity index (χ3n) is 3.06. The van der Waals surface area contributed by atoms with Crippen LogP contribution in [0.1, 0.15) is 17.2 Å². The third kappa shape index (κ3) is 3.08. The van der Waals surface area contributed by atoms with Gasteiger partial charge < -0.3 is 15.2 Å². The van der Waals surface area contributed by atoms with Gasteiger partial charge in [0.2, 0.25) is 0 Å². The zero-order chi connectivity index (χ0) is 16.1. The molecule has 2 aromatic carbocycles. The quantitative estimate of drug-likeness (QED) is 0.905. The van der Waals surface area contributed by atoms with Gasteiger partial charge >= 0.3 is 0 Å². The maximum atomic E-state index is 14.0. The average molecular weight is 297 g/mol. The Morgan fingerprint density at radius 1 is 1.23 bits per heavy atom. The first-order valence-electron chi connectivity index (χ1n) is 6.31. The molecule has 0 spiro atoms. The topological polar surface area (TPSA) is 89.1 Å². The summed E-state index contributed by atoms with van der Waals surface area (Å²) in [4.78, 5) is 0. The van der Waals surface area contributed by atoms with Crippen LogP contribution in [-0.4, -0.2) is 12.2 Å². The van der Waals surface area contributed by atoms with Gasteiger partial charge in [0.15, 0.2) is 11.6 Å². The number of methoxy groups -OCH3 is 1. The maximum Gasteiger partial charge on any atom is 0.171 e. The van der Waals surface area contributed by atoms with Crippen LogP contribution < -0.4 is 10.1 Å². The first-order valence-corrected chi connectivity index (χ1v) is 6.31. The SMILES string of the molecule is COc1cc(O)c(F)c(C(C#N)Nc2ccc(C#N)cc2)c1. The van der Waals surface area contributed by atoms with Crippen molar-refractivity contribution in [1.29, 1.82) is 10.5 Å². The summed E-state index contributed by atoms with van der Waals surface area (Å²) >= 11 is 0. The molecular weight excluding hydrogens is 285 g/mol. The molecule has 0 saturated carbocycles. The van der Waals surface area contributed by atoms with Crippen molar-refractivity contribution in [2.75, 3.05) is 12.4 Å². The molecule has 2 rings (SSSR count). The minimum Gasteiger partial charge on any atom is -0.505 e. The molecule has 2 N–H and O–H groups in total. The highest BCUT2D eigenvalue weighted by molar-refractivity contribution is 5.52. The van der Waals surface area contributed by atoms with E-state index in [0.29, 0.717) is 11.3 Å². The first kappa shape index (κ1) is 15.1. The van der Waals surface area contributed by atoms with E-state index in [1.165, 1.54) is 13.2 Å². The fourth-order valence-corrected chi connectivity index (χ4v) is 1.92. The predicted molar refractivity (Wildman–Crippen MR) is 77.8 cm³/mol. The summed E-state index contributed by atoms with van der Waals surface area (Å²) < 4.78 is 19.0. The van der Waals surface area contributed by atoms with Crippen LogP contribution in [0.2, 0.25) is 0 Å².